The first-order chi connectivity index (χ1) is 9.84. The second-order valence-corrected chi connectivity index (χ2v) is 5.22. The molecule has 0 amide bonds. The molecule has 0 atom stereocenters. The average molecular weight is 265 g/mol. The zero-order valence-electron chi connectivity index (χ0n) is 11.0. The van der Waals surface area contributed by atoms with Gasteiger partial charge in [0.05, 0.1) is 0 Å². The first-order valence-electron chi connectivity index (χ1n) is 6.89. The van der Waals surface area contributed by atoms with Crippen molar-refractivity contribution in [3.8, 4) is 11.3 Å². The van der Waals surface area contributed by atoms with E-state index in [0.717, 1.165) is 22.6 Å². The van der Waals surface area contributed by atoms with Crippen LogP contribution in [0.15, 0.2) is 36.7 Å². The summed E-state index contributed by atoms with van der Waals surface area (Å²) in [6, 6.07) is 10.1. The van der Waals surface area contributed by atoms with Crippen molar-refractivity contribution < 1.29 is 0 Å². The van der Waals surface area contributed by atoms with Crippen LogP contribution in [0.5, 0.6) is 0 Å². The molecule has 2 N–H and O–H groups in total. The highest BCUT2D eigenvalue weighted by atomic mass is 15.3. The summed E-state index contributed by atoms with van der Waals surface area (Å²) in [5, 5.41) is 4.35. The predicted octanol–water partition coefficient (Wildman–Crippen LogP) is 2.64. The summed E-state index contributed by atoms with van der Waals surface area (Å²) in [6.07, 6.45) is 5.12. The molecule has 1 aliphatic rings. The molecule has 20 heavy (non-hydrogen) atoms. The first kappa shape index (κ1) is 11.4. The minimum atomic E-state index is 0.483. The van der Waals surface area contributed by atoms with Crippen molar-refractivity contribution in [1.29, 1.82) is 0 Å². The molecule has 1 fully saturated rings. The van der Waals surface area contributed by atoms with Gasteiger partial charge in [-0.15, -0.1) is 0 Å². The smallest absolute Gasteiger partial charge is 0.153 e. The van der Waals surface area contributed by atoms with E-state index >= 15 is 0 Å². The second-order valence-electron chi connectivity index (χ2n) is 5.22. The number of hydrogen-bond donors (Lipinski definition) is 1. The molecule has 2 aromatic heterocycles. The lowest BCUT2D eigenvalue weighted by atomic mass is 9.85. The van der Waals surface area contributed by atoms with E-state index in [1.54, 1.807) is 0 Å². The normalized spacial score (nSPS) is 15.4. The van der Waals surface area contributed by atoms with Gasteiger partial charge in [0.15, 0.2) is 5.82 Å². The lowest BCUT2D eigenvalue weighted by molar-refractivity contribution is 0.396. The Hall–Kier alpha value is -2.43. The maximum atomic E-state index is 6.06. The monoisotopic (exact) mass is 265 g/mol. The molecule has 100 valence electrons. The Balaban J connectivity index is 2.01. The number of rotatable bonds is 2. The number of nitrogens with two attached hydrogens (primary N) is 1. The first-order valence-corrected chi connectivity index (χ1v) is 6.89. The Morgan fingerprint density at radius 3 is 2.65 bits per heavy atom. The molecule has 0 saturated heterocycles. The van der Waals surface area contributed by atoms with Gasteiger partial charge in [-0.25, -0.2) is 14.5 Å². The highest BCUT2D eigenvalue weighted by Gasteiger charge is 2.27. The number of nitrogen functional groups attached to an aromatic ring is 1. The maximum absolute atomic E-state index is 6.06. The van der Waals surface area contributed by atoms with Crippen molar-refractivity contribution in [1.82, 2.24) is 19.6 Å². The Kier molecular flexibility index (Phi) is 2.45. The Labute approximate surface area is 116 Å². The third kappa shape index (κ3) is 1.59. The van der Waals surface area contributed by atoms with Crippen LogP contribution in [0.4, 0.5) is 5.82 Å². The molecule has 0 bridgehead atoms. The van der Waals surface area contributed by atoms with Crippen LogP contribution in [0.3, 0.4) is 0 Å². The highest BCUT2D eigenvalue weighted by Crippen LogP contribution is 2.38. The quantitative estimate of drug-likeness (QED) is 0.773. The van der Waals surface area contributed by atoms with E-state index in [9.17, 15) is 0 Å². The van der Waals surface area contributed by atoms with Crippen LogP contribution < -0.4 is 5.73 Å². The van der Waals surface area contributed by atoms with Gasteiger partial charge in [-0.2, -0.15) is 5.10 Å². The van der Waals surface area contributed by atoms with Gasteiger partial charge in [0.25, 0.3) is 0 Å². The fourth-order valence-corrected chi connectivity index (χ4v) is 2.71. The van der Waals surface area contributed by atoms with Gasteiger partial charge in [0, 0.05) is 11.5 Å². The number of nitrogens with zero attached hydrogens (tertiary/aromatic N) is 4. The molecule has 0 unspecified atom stereocenters. The molecular formula is C15H15N5. The largest absolute Gasteiger partial charge is 0.382 e. The Bertz CT molecular complexity index is 759. The summed E-state index contributed by atoms with van der Waals surface area (Å²) < 4.78 is 1.87. The summed E-state index contributed by atoms with van der Waals surface area (Å²) in [4.78, 5) is 8.94. The standard InChI is InChI=1S/C15H15N5/c16-14-13-12(10-5-2-1-3-6-10)19-15(11-7-4-8-11)20(13)18-9-17-14/h1-3,5-6,9,11H,4,7-8H2,(H2,16,17,18). The summed E-state index contributed by atoms with van der Waals surface area (Å²) in [5.74, 6) is 1.99. The maximum Gasteiger partial charge on any atom is 0.153 e. The van der Waals surface area contributed by atoms with Crippen LogP contribution in [0, 0.1) is 0 Å². The number of imidazole rings is 1. The molecule has 5 heteroatoms. The van der Waals surface area contributed by atoms with Gasteiger partial charge in [-0.3, -0.25) is 0 Å². The van der Waals surface area contributed by atoms with E-state index in [1.807, 2.05) is 34.8 Å². The molecule has 3 aromatic rings. The molecule has 5 nitrogen and oxygen atoms in total. The van der Waals surface area contributed by atoms with Crippen molar-refractivity contribution >= 4 is 11.3 Å². The topological polar surface area (TPSA) is 69.1 Å². The summed E-state index contributed by atoms with van der Waals surface area (Å²) in [5.41, 5.74) is 8.81. The van der Waals surface area contributed by atoms with E-state index in [-0.39, 0.29) is 0 Å². The summed E-state index contributed by atoms with van der Waals surface area (Å²) in [6.45, 7) is 0. The zero-order chi connectivity index (χ0) is 13.5. The van der Waals surface area contributed by atoms with Crippen molar-refractivity contribution in [3.63, 3.8) is 0 Å². The van der Waals surface area contributed by atoms with E-state index in [0.29, 0.717) is 11.7 Å². The van der Waals surface area contributed by atoms with Crippen molar-refractivity contribution in [2.24, 2.45) is 0 Å². The fraction of sp³-hybridized carbons (Fsp3) is 0.267. The van der Waals surface area contributed by atoms with Gasteiger partial charge in [0.2, 0.25) is 0 Å². The molecule has 4 rings (SSSR count). The van der Waals surface area contributed by atoms with E-state index in [2.05, 4.69) is 10.1 Å². The highest BCUT2D eigenvalue weighted by molar-refractivity contribution is 5.84. The zero-order valence-corrected chi connectivity index (χ0v) is 11.0. The Morgan fingerprint density at radius 2 is 1.95 bits per heavy atom. The number of aromatic nitrogens is 4. The summed E-state index contributed by atoms with van der Waals surface area (Å²) in [7, 11) is 0. The number of fused-ring (bicyclic) bond motifs is 1. The molecule has 1 saturated carbocycles. The van der Waals surface area contributed by atoms with Crippen LogP contribution in [0.1, 0.15) is 31.0 Å². The van der Waals surface area contributed by atoms with Gasteiger partial charge in [-0.1, -0.05) is 36.8 Å². The van der Waals surface area contributed by atoms with Crippen LogP contribution in [-0.4, -0.2) is 19.6 Å². The van der Waals surface area contributed by atoms with Crippen LogP contribution >= 0.6 is 0 Å². The molecule has 0 spiro atoms. The third-order valence-corrected chi connectivity index (χ3v) is 4.00. The molecule has 1 aromatic carbocycles. The van der Waals surface area contributed by atoms with Crippen LogP contribution in [-0.2, 0) is 0 Å². The van der Waals surface area contributed by atoms with E-state index in [1.165, 1.54) is 25.6 Å². The number of hydrogen-bond acceptors (Lipinski definition) is 4. The lowest BCUT2D eigenvalue weighted by Gasteiger charge is -2.23. The SMILES string of the molecule is Nc1ncnn2c(C3CCC3)nc(-c3ccccc3)c12. The van der Waals surface area contributed by atoms with Gasteiger partial charge in [0.1, 0.15) is 23.4 Å². The number of anilines is 1. The third-order valence-electron chi connectivity index (χ3n) is 4.00. The minimum Gasteiger partial charge on any atom is -0.382 e. The van der Waals surface area contributed by atoms with Crippen LogP contribution in [0.2, 0.25) is 0 Å². The molecule has 0 radical (unpaired) electrons. The predicted molar refractivity (Wildman–Crippen MR) is 77.2 cm³/mol. The minimum absolute atomic E-state index is 0.483. The van der Waals surface area contributed by atoms with E-state index < -0.39 is 0 Å². The molecule has 0 aliphatic heterocycles. The summed E-state index contributed by atoms with van der Waals surface area (Å²) >= 11 is 0. The van der Waals surface area contributed by atoms with Gasteiger partial charge in [-0.05, 0) is 12.8 Å². The molecular weight excluding hydrogens is 250 g/mol. The van der Waals surface area contributed by atoms with Crippen LogP contribution in [0.25, 0.3) is 16.8 Å². The van der Waals surface area contributed by atoms with Crippen molar-refractivity contribution in [3.05, 3.63) is 42.5 Å². The van der Waals surface area contributed by atoms with Crippen molar-refractivity contribution in [2.75, 3.05) is 5.73 Å². The van der Waals surface area contributed by atoms with E-state index in [4.69, 9.17) is 10.7 Å². The molecule has 1 aliphatic carbocycles. The average Bonchev–Trinajstić information content (AvgIpc) is 2.79. The fourth-order valence-electron chi connectivity index (χ4n) is 2.71. The molecule has 2 heterocycles. The van der Waals surface area contributed by atoms with Gasteiger partial charge < -0.3 is 5.73 Å². The van der Waals surface area contributed by atoms with Gasteiger partial charge >= 0.3 is 0 Å². The number of benzene rings is 1. The second kappa shape index (κ2) is 4.30. The lowest BCUT2D eigenvalue weighted by Crippen LogP contribution is -2.14. The Morgan fingerprint density at radius 1 is 1.15 bits per heavy atom. The van der Waals surface area contributed by atoms with Crippen molar-refractivity contribution in [2.45, 2.75) is 25.2 Å².